The molecule has 1 N–H and O–H groups in total. The lowest BCUT2D eigenvalue weighted by atomic mass is 9.89. The minimum atomic E-state index is -0.357. The van der Waals surface area contributed by atoms with E-state index in [0.29, 0.717) is 45.4 Å². The maximum atomic E-state index is 13.9. The number of nitrogens with zero attached hydrogens (tertiary/aromatic N) is 1. The van der Waals surface area contributed by atoms with Crippen molar-refractivity contribution >= 4 is 11.0 Å². The highest BCUT2D eigenvalue weighted by atomic mass is 19.1. The minimum absolute atomic E-state index is 0.170. The lowest BCUT2D eigenvalue weighted by Gasteiger charge is -2.36. The number of fused-ring (bicyclic) bond motifs is 1. The molecule has 0 saturated carbocycles. The summed E-state index contributed by atoms with van der Waals surface area (Å²) in [5, 5.41) is 12.0. The predicted molar refractivity (Wildman–Crippen MR) is 137 cm³/mol. The van der Waals surface area contributed by atoms with E-state index in [1.165, 1.54) is 18.6 Å². The van der Waals surface area contributed by atoms with Crippen LogP contribution in [0.2, 0.25) is 0 Å². The summed E-state index contributed by atoms with van der Waals surface area (Å²) in [6.07, 6.45) is 3.95. The first-order valence-corrected chi connectivity index (χ1v) is 12.4. The van der Waals surface area contributed by atoms with E-state index in [9.17, 15) is 14.3 Å². The second-order valence-electron chi connectivity index (χ2n) is 9.31. The van der Waals surface area contributed by atoms with Crippen LogP contribution in [0.1, 0.15) is 54.7 Å². The van der Waals surface area contributed by atoms with E-state index in [2.05, 4.69) is 17.0 Å². The summed E-state index contributed by atoms with van der Waals surface area (Å²) in [6.45, 7) is 5.55. The summed E-state index contributed by atoms with van der Waals surface area (Å²) in [5.74, 6) is 0.283. The van der Waals surface area contributed by atoms with Gasteiger partial charge >= 0.3 is 0 Å². The van der Waals surface area contributed by atoms with Gasteiger partial charge in [0.2, 0.25) is 5.43 Å². The Kier molecular flexibility index (Phi) is 6.44. The number of piperidine rings is 1. The van der Waals surface area contributed by atoms with E-state index in [1.54, 1.807) is 25.1 Å². The highest BCUT2D eigenvalue weighted by molar-refractivity contribution is 5.88. The molecule has 1 aromatic heterocycles. The zero-order chi connectivity index (χ0) is 24.5. The van der Waals surface area contributed by atoms with E-state index < -0.39 is 0 Å². The van der Waals surface area contributed by atoms with Gasteiger partial charge in [-0.05, 0) is 74.2 Å². The first-order valence-electron chi connectivity index (χ1n) is 12.4. The van der Waals surface area contributed by atoms with Gasteiger partial charge in [-0.15, -0.1) is 0 Å². The van der Waals surface area contributed by atoms with Gasteiger partial charge in [0.15, 0.2) is 0 Å². The zero-order valence-electron chi connectivity index (χ0n) is 20.2. The number of likely N-dealkylation sites (tertiary alicyclic amines) is 1. The van der Waals surface area contributed by atoms with Gasteiger partial charge in [0.05, 0.1) is 22.6 Å². The Morgan fingerprint density at radius 2 is 1.71 bits per heavy atom. The zero-order valence-corrected chi connectivity index (χ0v) is 20.2. The summed E-state index contributed by atoms with van der Waals surface area (Å²) in [5.41, 5.74) is 3.71. The molecule has 4 aromatic rings. The standard InChI is InChI=1S/C30H30FNO3/c1-3-20-18-24-29(34)25(21-12-14-23(31)15-13-21)19(2)35-30(24)26(28(20)33)27(22-10-6-4-7-11-22)32-16-8-5-9-17-32/h4,6-7,10-15,18,27,33H,3,5,8-9,16-17H2,1-2H3/t27-/m1/s1. The molecule has 180 valence electrons. The number of aromatic hydroxyl groups is 1. The third-order valence-electron chi connectivity index (χ3n) is 7.10. The van der Waals surface area contributed by atoms with Gasteiger partial charge in [-0.3, -0.25) is 9.69 Å². The maximum Gasteiger partial charge on any atom is 0.200 e. The quantitative estimate of drug-likeness (QED) is 0.350. The van der Waals surface area contributed by atoms with Crippen LogP contribution in [-0.4, -0.2) is 23.1 Å². The molecule has 1 aliphatic heterocycles. The molecule has 2 heterocycles. The van der Waals surface area contributed by atoms with Gasteiger partial charge in [-0.1, -0.05) is 55.8 Å². The van der Waals surface area contributed by atoms with Crippen molar-refractivity contribution in [1.29, 1.82) is 0 Å². The van der Waals surface area contributed by atoms with Crippen LogP contribution in [0.3, 0.4) is 0 Å². The third kappa shape index (κ3) is 4.25. The van der Waals surface area contributed by atoms with Crippen LogP contribution < -0.4 is 5.43 Å². The Hall–Kier alpha value is -3.44. The lowest BCUT2D eigenvalue weighted by molar-refractivity contribution is 0.185. The summed E-state index contributed by atoms with van der Waals surface area (Å²) < 4.78 is 19.9. The van der Waals surface area contributed by atoms with Crippen LogP contribution in [0.4, 0.5) is 4.39 Å². The fraction of sp³-hybridized carbons (Fsp3) is 0.300. The number of benzene rings is 3. The van der Waals surface area contributed by atoms with Gasteiger partial charge in [-0.2, -0.15) is 0 Å². The Morgan fingerprint density at radius 3 is 2.37 bits per heavy atom. The number of aryl methyl sites for hydroxylation is 2. The fourth-order valence-corrected chi connectivity index (χ4v) is 5.36. The van der Waals surface area contributed by atoms with Crippen molar-refractivity contribution in [3.8, 4) is 16.9 Å². The van der Waals surface area contributed by atoms with Gasteiger partial charge in [0.1, 0.15) is 22.9 Å². The summed E-state index contributed by atoms with van der Waals surface area (Å²) in [7, 11) is 0. The van der Waals surface area contributed by atoms with Crippen LogP contribution in [-0.2, 0) is 6.42 Å². The molecule has 5 rings (SSSR count). The van der Waals surface area contributed by atoms with Crippen molar-refractivity contribution in [2.75, 3.05) is 13.1 Å². The Morgan fingerprint density at radius 1 is 1.03 bits per heavy atom. The summed E-state index contributed by atoms with van der Waals surface area (Å²) >= 11 is 0. The summed E-state index contributed by atoms with van der Waals surface area (Å²) in [6, 6.07) is 17.5. The Balaban J connectivity index is 1.82. The molecule has 35 heavy (non-hydrogen) atoms. The fourth-order valence-electron chi connectivity index (χ4n) is 5.36. The first kappa shape index (κ1) is 23.3. The molecule has 4 nitrogen and oxygen atoms in total. The van der Waals surface area contributed by atoms with Crippen molar-refractivity contribution in [3.05, 3.63) is 99.2 Å². The van der Waals surface area contributed by atoms with Gasteiger partial charge in [0, 0.05) is 0 Å². The molecule has 0 unspecified atom stereocenters. The average Bonchev–Trinajstić information content (AvgIpc) is 2.88. The highest BCUT2D eigenvalue weighted by Crippen LogP contribution is 2.42. The van der Waals surface area contributed by atoms with Gasteiger partial charge in [-0.25, -0.2) is 4.39 Å². The number of phenolic OH excluding ortho intramolecular Hbond substituents is 1. The van der Waals surface area contributed by atoms with Crippen molar-refractivity contribution in [2.45, 2.75) is 45.6 Å². The molecule has 0 aliphatic carbocycles. The SMILES string of the molecule is CCc1cc2c(=O)c(-c3ccc(F)cc3)c(C)oc2c([C@@H](c2ccccc2)N2CCCCC2)c1O. The molecule has 0 amide bonds. The highest BCUT2D eigenvalue weighted by Gasteiger charge is 2.31. The molecule has 5 heteroatoms. The van der Waals surface area contributed by atoms with Crippen LogP contribution in [0.15, 0.2) is 69.9 Å². The number of hydrogen-bond acceptors (Lipinski definition) is 4. The molecule has 0 radical (unpaired) electrons. The number of rotatable bonds is 5. The van der Waals surface area contributed by atoms with E-state index in [1.807, 2.05) is 25.1 Å². The molecule has 3 aromatic carbocycles. The van der Waals surface area contributed by atoms with Crippen LogP contribution in [0.25, 0.3) is 22.1 Å². The van der Waals surface area contributed by atoms with Crippen molar-refractivity contribution < 1.29 is 13.9 Å². The van der Waals surface area contributed by atoms with E-state index in [4.69, 9.17) is 4.42 Å². The molecular weight excluding hydrogens is 441 g/mol. The number of hydrogen-bond donors (Lipinski definition) is 1. The predicted octanol–water partition coefficient (Wildman–Crippen LogP) is 6.75. The monoisotopic (exact) mass is 471 g/mol. The van der Waals surface area contributed by atoms with Crippen LogP contribution in [0.5, 0.6) is 5.75 Å². The van der Waals surface area contributed by atoms with Crippen molar-refractivity contribution in [2.24, 2.45) is 0 Å². The number of halogens is 1. The van der Waals surface area contributed by atoms with Crippen LogP contribution >= 0.6 is 0 Å². The normalized spacial score (nSPS) is 15.4. The topological polar surface area (TPSA) is 53.7 Å². The molecular formula is C30H30FNO3. The number of phenols is 1. The van der Waals surface area contributed by atoms with Crippen molar-refractivity contribution in [1.82, 2.24) is 4.90 Å². The molecule has 1 fully saturated rings. The third-order valence-corrected chi connectivity index (χ3v) is 7.10. The van der Waals surface area contributed by atoms with Crippen LogP contribution in [0, 0.1) is 12.7 Å². The summed E-state index contributed by atoms with van der Waals surface area (Å²) in [4.78, 5) is 16.2. The van der Waals surface area contributed by atoms with E-state index >= 15 is 0 Å². The lowest BCUT2D eigenvalue weighted by Crippen LogP contribution is -2.34. The first-order chi connectivity index (χ1) is 17.0. The molecule has 1 saturated heterocycles. The minimum Gasteiger partial charge on any atom is -0.507 e. The largest absolute Gasteiger partial charge is 0.507 e. The Labute approximate surface area is 204 Å². The van der Waals surface area contributed by atoms with Gasteiger partial charge < -0.3 is 9.52 Å². The van der Waals surface area contributed by atoms with Gasteiger partial charge in [0.25, 0.3) is 0 Å². The molecule has 1 atom stereocenters. The molecule has 0 spiro atoms. The Bertz CT molecular complexity index is 1400. The maximum absolute atomic E-state index is 13.9. The smallest absolute Gasteiger partial charge is 0.200 e. The second-order valence-corrected chi connectivity index (χ2v) is 9.31. The average molecular weight is 472 g/mol. The molecule has 0 bridgehead atoms. The molecule has 1 aliphatic rings. The second kappa shape index (κ2) is 9.67. The van der Waals surface area contributed by atoms with E-state index in [0.717, 1.165) is 31.5 Å². The van der Waals surface area contributed by atoms with E-state index in [-0.39, 0.29) is 23.0 Å². The van der Waals surface area contributed by atoms with Crippen molar-refractivity contribution in [3.63, 3.8) is 0 Å².